The van der Waals surface area contributed by atoms with E-state index < -0.39 is 10.0 Å². The van der Waals surface area contributed by atoms with Crippen molar-refractivity contribution in [3.63, 3.8) is 0 Å². The Labute approximate surface area is 127 Å². The fourth-order valence-electron chi connectivity index (χ4n) is 1.99. The van der Waals surface area contributed by atoms with E-state index in [4.69, 9.17) is 0 Å². The van der Waals surface area contributed by atoms with E-state index in [2.05, 4.69) is 25.6 Å². The first-order chi connectivity index (χ1) is 9.16. The summed E-state index contributed by atoms with van der Waals surface area (Å²) in [6.45, 7) is 5.68. The molecule has 0 spiro atoms. The zero-order chi connectivity index (χ0) is 15.0. The van der Waals surface area contributed by atoms with Crippen LogP contribution in [0.25, 0.3) is 10.9 Å². The fourth-order valence-corrected chi connectivity index (χ4v) is 4.05. The van der Waals surface area contributed by atoms with Crippen LogP contribution >= 0.6 is 15.9 Å². The summed E-state index contributed by atoms with van der Waals surface area (Å²) in [5.41, 5.74) is 0.861. The lowest BCUT2D eigenvalue weighted by Gasteiger charge is -2.19. The molecule has 1 N–H and O–H groups in total. The molecule has 0 fully saturated rings. The van der Waals surface area contributed by atoms with E-state index in [1.807, 2.05) is 39.0 Å². The molecule has 0 amide bonds. The van der Waals surface area contributed by atoms with Crippen molar-refractivity contribution in [1.82, 2.24) is 4.98 Å². The number of hydrogen-bond donors (Lipinski definition) is 1. The lowest BCUT2D eigenvalue weighted by Crippen LogP contribution is -2.26. The molecule has 0 saturated heterocycles. The standard InChI is InChI=1S/C14H17BrN2O2S/c1-14(2,3)9-20(18,19)17-12-6-4-5-10-7-11(15)8-16-13(10)12/h4-8,17H,9H2,1-3H3. The van der Waals surface area contributed by atoms with Gasteiger partial charge in [0.15, 0.2) is 0 Å². The summed E-state index contributed by atoms with van der Waals surface area (Å²) < 4.78 is 27.8. The number of nitrogens with zero attached hydrogens (tertiary/aromatic N) is 1. The number of hydrogen-bond acceptors (Lipinski definition) is 3. The predicted octanol–water partition coefficient (Wildman–Crippen LogP) is 3.79. The summed E-state index contributed by atoms with van der Waals surface area (Å²) in [5, 5.41) is 0.885. The normalized spacial score (nSPS) is 12.6. The topological polar surface area (TPSA) is 59.1 Å². The molecule has 1 heterocycles. The molecule has 1 aromatic carbocycles. The van der Waals surface area contributed by atoms with Crippen molar-refractivity contribution in [1.29, 1.82) is 0 Å². The van der Waals surface area contributed by atoms with Crippen molar-refractivity contribution >= 4 is 42.5 Å². The highest BCUT2D eigenvalue weighted by molar-refractivity contribution is 9.10. The number of fused-ring (bicyclic) bond motifs is 1. The van der Waals surface area contributed by atoms with E-state index in [1.54, 1.807) is 12.3 Å². The molecule has 0 bridgehead atoms. The van der Waals surface area contributed by atoms with Crippen molar-refractivity contribution in [3.8, 4) is 0 Å². The molecule has 0 atom stereocenters. The molecule has 2 aromatic rings. The molecule has 1 aromatic heterocycles. The highest BCUT2D eigenvalue weighted by Crippen LogP contribution is 2.26. The number of sulfonamides is 1. The van der Waals surface area contributed by atoms with Gasteiger partial charge < -0.3 is 0 Å². The van der Waals surface area contributed by atoms with Crippen LogP contribution in [0.15, 0.2) is 34.9 Å². The van der Waals surface area contributed by atoms with Gasteiger partial charge in [0.2, 0.25) is 10.0 Å². The van der Waals surface area contributed by atoms with Crippen LogP contribution in [-0.2, 0) is 10.0 Å². The van der Waals surface area contributed by atoms with Gasteiger partial charge in [0.25, 0.3) is 0 Å². The van der Waals surface area contributed by atoms with Gasteiger partial charge >= 0.3 is 0 Å². The molecule has 2 rings (SSSR count). The van der Waals surface area contributed by atoms with E-state index in [0.717, 1.165) is 9.86 Å². The van der Waals surface area contributed by atoms with E-state index in [9.17, 15) is 8.42 Å². The number of pyridine rings is 1. The third-order valence-electron chi connectivity index (χ3n) is 2.57. The molecule has 20 heavy (non-hydrogen) atoms. The third kappa shape index (κ3) is 3.93. The number of nitrogens with one attached hydrogen (secondary N) is 1. The second kappa shape index (κ2) is 5.33. The lowest BCUT2D eigenvalue weighted by atomic mass is 10.0. The predicted molar refractivity (Wildman–Crippen MR) is 86.3 cm³/mol. The first-order valence-corrected chi connectivity index (χ1v) is 8.66. The Kier molecular flexibility index (Phi) is 4.07. The van der Waals surface area contributed by atoms with Gasteiger partial charge in [-0.25, -0.2) is 8.42 Å². The van der Waals surface area contributed by atoms with Crippen molar-refractivity contribution in [2.75, 3.05) is 10.5 Å². The van der Waals surface area contributed by atoms with Gasteiger partial charge in [0, 0.05) is 16.1 Å². The summed E-state index contributed by atoms with van der Waals surface area (Å²) in [7, 11) is -3.40. The Balaban J connectivity index is 2.40. The van der Waals surface area contributed by atoms with Crippen LogP contribution in [0.5, 0.6) is 0 Å². The first-order valence-electron chi connectivity index (χ1n) is 6.21. The summed E-state index contributed by atoms with van der Waals surface area (Å²) in [4.78, 5) is 4.29. The van der Waals surface area contributed by atoms with Crippen molar-refractivity contribution in [2.45, 2.75) is 20.8 Å². The zero-order valence-corrected chi connectivity index (χ0v) is 14.0. The maximum absolute atomic E-state index is 12.2. The Morgan fingerprint density at radius 1 is 1.30 bits per heavy atom. The minimum atomic E-state index is -3.40. The smallest absolute Gasteiger partial charge is 0.233 e. The fraction of sp³-hybridized carbons (Fsp3) is 0.357. The van der Waals surface area contributed by atoms with Crippen LogP contribution in [0.4, 0.5) is 5.69 Å². The van der Waals surface area contributed by atoms with Crippen LogP contribution in [-0.4, -0.2) is 19.2 Å². The van der Waals surface area contributed by atoms with Gasteiger partial charge in [-0.1, -0.05) is 32.9 Å². The SMILES string of the molecule is CC(C)(C)CS(=O)(=O)Nc1cccc2cc(Br)cnc12. The quantitative estimate of drug-likeness (QED) is 0.909. The van der Waals surface area contributed by atoms with Crippen LogP contribution in [0.2, 0.25) is 0 Å². The highest BCUT2D eigenvalue weighted by atomic mass is 79.9. The Morgan fingerprint density at radius 2 is 2.00 bits per heavy atom. The summed E-state index contributed by atoms with van der Waals surface area (Å²) in [6, 6.07) is 7.34. The average molecular weight is 357 g/mol. The first kappa shape index (κ1) is 15.3. The minimum absolute atomic E-state index is 0.0624. The molecule has 6 heteroatoms. The summed E-state index contributed by atoms with van der Waals surface area (Å²) >= 11 is 3.36. The average Bonchev–Trinajstić information content (AvgIpc) is 2.24. The molecule has 0 aliphatic heterocycles. The van der Waals surface area contributed by atoms with Crippen LogP contribution in [0.3, 0.4) is 0 Å². The number of rotatable bonds is 3. The van der Waals surface area contributed by atoms with Crippen molar-refractivity contribution < 1.29 is 8.42 Å². The number of aromatic nitrogens is 1. The van der Waals surface area contributed by atoms with Gasteiger partial charge in [-0.15, -0.1) is 0 Å². The van der Waals surface area contributed by atoms with Crippen molar-refractivity contribution in [2.24, 2.45) is 5.41 Å². The molecule has 108 valence electrons. The van der Waals surface area contributed by atoms with Gasteiger partial charge in [-0.05, 0) is 33.5 Å². The van der Waals surface area contributed by atoms with Gasteiger partial charge in [-0.2, -0.15) is 0 Å². The molecule has 0 unspecified atom stereocenters. The van der Waals surface area contributed by atoms with Gasteiger partial charge in [0.1, 0.15) is 0 Å². The molecule has 4 nitrogen and oxygen atoms in total. The Hall–Kier alpha value is -1.14. The summed E-state index contributed by atoms with van der Waals surface area (Å²) in [6.07, 6.45) is 1.66. The van der Waals surface area contributed by atoms with E-state index in [1.165, 1.54) is 0 Å². The van der Waals surface area contributed by atoms with Gasteiger partial charge in [-0.3, -0.25) is 9.71 Å². The van der Waals surface area contributed by atoms with Gasteiger partial charge in [0.05, 0.1) is 17.0 Å². The molecule has 0 aliphatic carbocycles. The van der Waals surface area contributed by atoms with Crippen LogP contribution in [0, 0.1) is 5.41 Å². The highest BCUT2D eigenvalue weighted by Gasteiger charge is 2.22. The van der Waals surface area contributed by atoms with E-state index in [-0.39, 0.29) is 11.2 Å². The zero-order valence-electron chi connectivity index (χ0n) is 11.6. The number of anilines is 1. The minimum Gasteiger partial charge on any atom is -0.281 e. The third-order valence-corrected chi connectivity index (χ3v) is 4.78. The van der Waals surface area contributed by atoms with Crippen molar-refractivity contribution in [3.05, 3.63) is 34.9 Å². The molecule has 0 radical (unpaired) electrons. The molecule has 0 aliphatic rings. The second-order valence-corrected chi connectivity index (χ2v) is 8.59. The Morgan fingerprint density at radius 3 is 2.65 bits per heavy atom. The lowest BCUT2D eigenvalue weighted by molar-refractivity contribution is 0.463. The van der Waals surface area contributed by atoms with Crippen LogP contribution in [0.1, 0.15) is 20.8 Å². The Bertz CT molecular complexity index is 736. The maximum atomic E-state index is 12.2. The van der Waals surface area contributed by atoms with E-state index in [0.29, 0.717) is 11.2 Å². The maximum Gasteiger partial charge on any atom is 0.233 e. The summed E-state index contributed by atoms with van der Waals surface area (Å²) in [5.74, 6) is 0.0624. The number of para-hydroxylation sites is 1. The van der Waals surface area contributed by atoms with E-state index >= 15 is 0 Å². The number of halogens is 1. The molecular weight excluding hydrogens is 340 g/mol. The second-order valence-electron chi connectivity index (χ2n) is 5.95. The molecule has 0 saturated carbocycles. The largest absolute Gasteiger partial charge is 0.281 e. The monoisotopic (exact) mass is 356 g/mol. The van der Waals surface area contributed by atoms with Crippen LogP contribution < -0.4 is 4.72 Å². The molecular formula is C14H17BrN2O2S. The number of benzene rings is 1.